The number of benzene rings is 1. The van der Waals surface area contributed by atoms with E-state index in [9.17, 15) is 5.11 Å². The number of rotatable bonds is 15. The maximum atomic E-state index is 9.96. The molecule has 0 heterocycles. The summed E-state index contributed by atoms with van der Waals surface area (Å²) in [5.41, 5.74) is 0. The summed E-state index contributed by atoms with van der Waals surface area (Å²) in [6.45, 7) is 6.34. The van der Waals surface area contributed by atoms with E-state index in [1.54, 1.807) is 0 Å². The number of halogens is 1. The molecule has 1 rings (SSSR count). The van der Waals surface area contributed by atoms with Crippen molar-refractivity contribution in [1.82, 2.24) is 5.32 Å². The first-order valence-corrected chi connectivity index (χ1v) is 10.5. The van der Waals surface area contributed by atoms with Gasteiger partial charge in [-0.05, 0) is 49.4 Å². The number of hydrogen-bond donors (Lipinski definition) is 2. The number of aliphatic hydroxyl groups is 1. The van der Waals surface area contributed by atoms with Crippen LogP contribution in [0.5, 0.6) is 5.75 Å². The van der Waals surface area contributed by atoms with Crippen molar-refractivity contribution in [2.75, 3.05) is 25.4 Å². The fourth-order valence-electron chi connectivity index (χ4n) is 2.40. The first kappa shape index (κ1) is 24.6. The highest BCUT2D eigenvalue weighted by Crippen LogP contribution is 2.21. The van der Waals surface area contributed by atoms with Crippen LogP contribution in [0.3, 0.4) is 0 Å². The molecule has 2 N–H and O–H groups in total. The van der Waals surface area contributed by atoms with E-state index in [0.29, 0.717) is 13.2 Å². The van der Waals surface area contributed by atoms with Gasteiger partial charge in [-0.25, -0.2) is 0 Å². The highest BCUT2D eigenvalue weighted by atomic mass is 35.5. The minimum absolute atomic E-state index is 0. The average molecular weight is 390 g/mol. The molecule has 0 fully saturated rings. The summed E-state index contributed by atoms with van der Waals surface area (Å²) >= 11 is 1.86. The van der Waals surface area contributed by atoms with Crippen LogP contribution in [0, 0.1) is 0 Å². The van der Waals surface area contributed by atoms with Crippen molar-refractivity contribution >= 4 is 24.2 Å². The number of hydrogen-bond acceptors (Lipinski definition) is 4. The van der Waals surface area contributed by atoms with Gasteiger partial charge in [0.05, 0.1) is 0 Å². The van der Waals surface area contributed by atoms with Crippen LogP contribution < -0.4 is 10.1 Å². The minimum Gasteiger partial charge on any atom is -0.491 e. The van der Waals surface area contributed by atoms with Gasteiger partial charge in [-0.2, -0.15) is 0 Å². The molecular weight excluding hydrogens is 354 g/mol. The smallest absolute Gasteiger partial charge is 0.119 e. The van der Waals surface area contributed by atoms with E-state index in [1.807, 2.05) is 23.9 Å². The van der Waals surface area contributed by atoms with E-state index < -0.39 is 6.10 Å². The molecule has 0 bridgehead atoms. The minimum atomic E-state index is -0.459. The molecular formula is C20H36ClNO2S. The molecule has 0 amide bonds. The van der Waals surface area contributed by atoms with Gasteiger partial charge in [-0.1, -0.05) is 46.0 Å². The van der Waals surface area contributed by atoms with Crippen molar-refractivity contribution in [2.24, 2.45) is 0 Å². The summed E-state index contributed by atoms with van der Waals surface area (Å²) in [6.07, 6.45) is 8.51. The third kappa shape index (κ3) is 13.4. The quantitative estimate of drug-likeness (QED) is 0.315. The van der Waals surface area contributed by atoms with E-state index in [4.69, 9.17) is 4.74 Å². The molecule has 5 heteroatoms. The largest absolute Gasteiger partial charge is 0.491 e. The Morgan fingerprint density at radius 3 is 2.36 bits per heavy atom. The molecule has 0 aliphatic heterocycles. The highest BCUT2D eigenvalue weighted by Gasteiger charge is 2.05. The van der Waals surface area contributed by atoms with E-state index in [-0.39, 0.29) is 12.4 Å². The molecule has 3 nitrogen and oxygen atoms in total. The van der Waals surface area contributed by atoms with Crippen LogP contribution >= 0.6 is 24.2 Å². The molecule has 1 unspecified atom stereocenters. The lowest BCUT2D eigenvalue weighted by Crippen LogP contribution is -2.32. The SMILES string of the molecule is CCCCCCCCNCC(O)COc1ccc(SCCC)cc1.Cl. The second-order valence-corrected chi connectivity index (χ2v) is 7.42. The zero-order valence-corrected chi connectivity index (χ0v) is 17.5. The van der Waals surface area contributed by atoms with Gasteiger partial charge in [0.2, 0.25) is 0 Å². The number of thioether (sulfide) groups is 1. The van der Waals surface area contributed by atoms with Gasteiger partial charge in [0, 0.05) is 11.4 Å². The summed E-state index contributed by atoms with van der Waals surface area (Å²) in [6, 6.07) is 8.13. The lowest BCUT2D eigenvalue weighted by molar-refractivity contribution is 0.106. The van der Waals surface area contributed by atoms with Gasteiger partial charge in [-0.15, -0.1) is 24.2 Å². The molecule has 1 aromatic carbocycles. The van der Waals surface area contributed by atoms with Crippen LogP contribution in [0.4, 0.5) is 0 Å². The predicted octanol–water partition coefficient (Wildman–Crippen LogP) is 5.30. The van der Waals surface area contributed by atoms with E-state index in [1.165, 1.54) is 49.8 Å². The molecule has 0 aromatic heterocycles. The van der Waals surface area contributed by atoms with E-state index >= 15 is 0 Å². The molecule has 0 radical (unpaired) electrons. The van der Waals surface area contributed by atoms with Crippen molar-refractivity contribution in [3.63, 3.8) is 0 Å². The monoisotopic (exact) mass is 389 g/mol. The van der Waals surface area contributed by atoms with Crippen LogP contribution in [0.15, 0.2) is 29.2 Å². The second-order valence-electron chi connectivity index (χ2n) is 6.26. The fraction of sp³-hybridized carbons (Fsp3) is 0.700. The highest BCUT2D eigenvalue weighted by molar-refractivity contribution is 7.99. The summed E-state index contributed by atoms with van der Waals surface area (Å²) in [4.78, 5) is 1.27. The van der Waals surface area contributed by atoms with Crippen molar-refractivity contribution in [2.45, 2.75) is 69.8 Å². The number of aliphatic hydroxyl groups excluding tert-OH is 1. The molecule has 0 spiro atoms. The first-order valence-electron chi connectivity index (χ1n) is 9.50. The van der Waals surface area contributed by atoms with Crippen LogP contribution in [-0.2, 0) is 0 Å². The fourth-order valence-corrected chi connectivity index (χ4v) is 3.17. The summed E-state index contributed by atoms with van der Waals surface area (Å²) in [7, 11) is 0. The summed E-state index contributed by atoms with van der Waals surface area (Å²) < 4.78 is 5.65. The van der Waals surface area contributed by atoms with E-state index in [2.05, 4.69) is 31.3 Å². The Morgan fingerprint density at radius 1 is 1.00 bits per heavy atom. The van der Waals surface area contributed by atoms with Gasteiger partial charge < -0.3 is 15.2 Å². The second kappa shape index (κ2) is 17.0. The molecule has 1 aromatic rings. The van der Waals surface area contributed by atoms with Crippen LogP contribution in [-0.4, -0.2) is 36.7 Å². The van der Waals surface area contributed by atoms with Crippen molar-refractivity contribution in [3.8, 4) is 5.75 Å². The summed E-state index contributed by atoms with van der Waals surface area (Å²) in [5, 5.41) is 13.3. The van der Waals surface area contributed by atoms with Gasteiger partial charge in [0.1, 0.15) is 18.5 Å². The first-order chi connectivity index (χ1) is 11.8. The molecule has 0 aliphatic rings. The Labute approximate surface area is 164 Å². The van der Waals surface area contributed by atoms with Gasteiger partial charge >= 0.3 is 0 Å². The third-order valence-corrected chi connectivity index (χ3v) is 5.04. The van der Waals surface area contributed by atoms with Gasteiger partial charge in [0.15, 0.2) is 0 Å². The van der Waals surface area contributed by atoms with Crippen LogP contribution in [0.25, 0.3) is 0 Å². The molecule has 0 saturated heterocycles. The van der Waals surface area contributed by atoms with Crippen molar-refractivity contribution in [3.05, 3.63) is 24.3 Å². The van der Waals surface area contributed by atoms with Crippen molar-refractivity contribution < 1.29 is 9.84 Å². The Morgan fingerprint density at radius 2 is 1.68 bits per heavy atom. The maximum Gasteiger partial charge on any atom is 0.119 e. The average Bonchev–Trinajstić information content (AvgIpc) is 2.61. The number of ether oxygens (including phenoxy) is 1. The number of unbranched alkanes of at least 4 members (excludes halogenated alkanes) is 5. The summed E-state index contributed by atoms with van der Waals surface area (Å²) in [5.74, 6) is 1.97. The van der Waals surface area contributed by atoms with Crippen LogP contribution in [0.1, 0.15) is 58.8 Å². The third-order valence-electron chi connectivity index (χ3n) is 3.83. The van der Waals surface area contributed by atoms with Gasteiger partial charge in [-0.3, -0.25) is 0 Å². The topological polar surface area (TPSA) is 41.5 Å². The van der Waals surface area contributed by atoms with Crippen LogP contribution in [0.2, 0.25) is 0 Å². The molecule has 1 atom stereocenters. The zero-order chi connectivity index (χ0) is 17.5. The van der Waals surface area contributed by atoms with E-state index in [0.717, 1.165) is 18.0 Å². The number of nitrogens with one attached hydrogen (secondary N) is 1. The molecule has 146 valence electrons. The Kier molecular flexibility index (Phi) is 16.7. The maximum absolute atomic E-state index is 9.96. The zero-order valence-electron chi connectivity index (χ0n) is 15.8. The molecule has 25 heavy (non-hydrogen) atoms. The normalized spacial score (nSPS) is 11.8. The predicted molar refractivity (Wildman–Crippen MR) is 112 cm³/mol. The molecule has 0 aliphatic carbocycles. The standard InChI is InChI=1S/C20H35NO2S.ClH/c1-3-5-6-7-8-9-14-21-16-18(22)17-23-19-10-12-20(13-11-19)24-15-4-2;/h10-13,18,21-22H,3-9,14-17H2,1-2H3;1H. The lowest BCUT2D eigenvalue weighted by atomic mass is 10.1. The van der Waals surface area contributed by atoms with Crippen molar-refractivity contribution in [1.29, 1.82) is 0 Å². The lowest BCUT2D eigenvalue weighted by Gasteiger charge is -2.13. The Bertz CT molecular complexity index is 403. The molecule has 0 saturated carbocycles. The van der Waals surface area contributed by atoms with Gasteiger partial charge in [0.25, 0.3) is 0 Å². The Hall–Kier alpha value is -0.420. The Balaban J connectivity index is 0.00000576.